The minimum absolute atomic E-state index is 0.261. The lowest BCUT2D eigenvalue weighted by Gasteiger charge is -2.11. The summed E-state index contributed by atoms with van der Waals surface area (Å²) in [7, 11) is 1.54. The lowest BCUT2D eigenvalue weighted by molar-refractivity contribution is 0.416. The molecule has 1 aromatic heterocycles. The van der Waals surface area contributed by atoms with Crippen LogP contribution in [0.2, 0.25) is 0 Å². The van der Waals surface area contributed by atoms with Gasteiger partial charge >= 0.3 is 0 Å². The van der Waals surface area contributed by atoms with E-state index in [2.05, 4.69) is 11.4 Å². The molecule has 0 aliphatic rings. The minimum Gasteiger partial charge on any atom is -0.495 e. The van der Waals surface area contributed by atoms with Crippen molar-refractivity contribution in [3.8, 4) is 17.9 Å². The highest BCUT2D eigenvalue weighted by atomic mass is 16.5. The lowest BCUT2D eigenvalue weighted by atomic mass is 10.1. The van der Waals surface area contributed by atoms with Crippen LogP contribution in [0.4, 0.5) is 5.69 Å². The third-order valence-electron chi connectivity index (χ3n) is 2.58. The van der Waals surface area contributed by atoms with Crippen molar-refractivity contribution in [2.24, 2.45) is 0 Å². The monoisotopic (exact) mass is 253 g/mol. The number of furan rings is 1. The van der Waals surface area contributed by atoms with Gasteiger partial charge in [0.05, 0.1) is 24.9 Å². The Morgan fingerprint density at radius 3 is 2.68 bits per heavy atom. The Morgan fingerprint density at radius 1 is 1.21 bits per heavy atom. The highest BCUT2D eigenvalue weighted by Gasteiger charge is 2.09. The Kier molecular flexibility index (Phi) is 3.70. The molecule has 0 amide bonds. The molecule has 0 radical (unpaired) electrons. The largest absolute Gasteiger partial charge is 0.495 e. The average Bonchev–Trinajstić information content (AvgIpc) is 2.92. The zero-order chi connectivity index (χ0) is 13.7. The third-order valence-corrected chi connectivity index (χ3v) is 2.58. The van der Waals surface area contributed by atoms with Gasteiger partial charge in [0.2, 0.25) is 5.76 Å². The molecule has 19 heavy (non-hydrogen) atoms. The standard InChI is InChI=1S/C14H11N3O2/c1-18-13-4-2-3-10(7-15)14(13)17-9-12-6-5-11(8-16)19-12/h2-6,17H,9H2,1H3. The maximum absolute atomic E-state index is 9.07. The van der Waals surface area contributed by atoms with E-state index in [1.165, 1.54) is 0 Å². The maximum Gasteiger partial charge on any atom is 0.203 e. The normalized spacial score (nSPS) is 9.42. The van der Waals surface area contributed by atoms with Gasteiger partial charge in [0.1, 0.15) is 23.6 Å². The van der Waals surface area contributed by atoms with Crippen LogP contribution in [0.3, 0.4) is 0 Å². The third kappa shape index (κ3) is 2.67. The molecular formula is C14H11N3O2. The maximum atomic E-state index is 9.07. The first kappa shape index (κ1) is 12.5. The van der Waals surface area contributed by atoms with Crippen molar-refractivity contribution in [2.45, 2.75) is 6.54 Å². The highest BCUT2D eigenvalue weighted by molar-refractivity contribution is 5.66. The molecule has 0 bridgehead atoms. The molecule has 1 N–H and O–H groups in total. The molecule has 0 atom stereocenters. The topological polar surface area (TPSA) is 82.0 Å². The van der Waals surface area contributed by atoms with Crippen LogP contribution in [0, 0.1) is 22.7 Å². The highest BCUT2D eigenvalue weighted by Crippen LogP contribution is 2.28. The summed E-state index contributed by atoms with van der Waals surface area (Å²) in [6.07, 6.45) is 0. The van der Waals surface area contributed by atoms with Gasteiger partial charge in [-0.15, -0.1) is 0 Å². The first-order valence-corrected chi connectivity index (χ1v) is 5.58. The predicted octanol–water partition coefficient (Wildman–Crippen LogP) is 2.64. The molecule has 0 saturated carbocycles. The number of benzene rings is 1. The Labute approximate surface area is 110 Å². The van der Waals surface area contributed by atoms with Crippen LogP contribution in [0.15, 0.2) is 34.7 Å². The smallest absolute Gasteiger partial charge is 0.203 e. The van der Waals surface area contributed by atoms with Gasteiger partial charge in [-0.05, 0) is 24.3 Å². The van der Waals surface area contributed by atoms with Crippen molar-refractivity contribution < 1.29 is 9.15 Å². The van der Waals surface area contributed by atoms with Crippen molar-refractivity contribution in [1.29, 1.82) is 10.5 Å². The summed E-state index contributed by atoms with van der Waals surface area (Å²) >= 11 is 0. The van der Waals surface area contributed by atoms with Crippen LogP contribution in [-0.4, -0.2) is 7.11 Å². The van der Waals surface area contributed by atoms with Crippen LogP contribution in [0.5, 0.6) is 5.75 Å². The van der Waals surface area contributed by atoms with E-state index in [0.717, 1.165) is 0 Å². The summed E-state index contributed by atoms with van der Waals surface area (Å²) in [4.78, 5) is 0. The van der Waals surface area contributed by atoms with Crippen molar-refractivity contribution >= 4 is 5.69 Å². The molecule has 0 unspecified atom stereocenters. The fourth-order valence-corrected chi connectivity index (χ4v) is 1.69. The predicted molar refractivity (Wildman–Crippen MR) is 68.5 cm³/mol. The minimum atomic E-state index is 0.261. The number of ether oxygens (including phenoxy) is 1. The molecule has 5 nitrogen and oxygen atoms in total. The molecular weight excluding hydrogens is 242 g/mol. The van der Waals surface area contributed by atoms with E-state index >= 15 is 0 Å². The molecule has 1 heterocycles. The van der Waals surface area contributed by atoms with Crippen molar-refractivity contribution in [1.82, 2.24) is 0 Å². The van der Waals surface area contributed by atoms with E-state index in [4.69, 9.17) is 19.7 Å². The summed E-state index contributed by atoms with van der Waals surface area (Å²) < 4.78 is 10.5. The van der Waals surface area contributed by atoms with Crippen molar-refractivity contribution in [2.75, 3.05) is 12.4 Å². The van der Waals surface area contributed by atoms with Crippen molar-refractivity contribution in [3.05, 3.63) is 47.4 Å². The van der Waals surface area contributed by atoms with E-state index in [1.54, 1.807) is 37.4 Å². The SMILES string of the molecule is COc1cccc(C#N)c1NCc1ccc(C#N)o1. The molecule has 0 spiro atoms. The van der Waals surface area contributed by atoms with Gasteiger partial charge < -0.3 is 14.5 Å². The molecule has 0 saturated heterocycles. The van der Waals surface area contributed by atoms with Gasteiger partial charge in [-0.1, -0.05) is 6.07 Å². The van der Waals surface area contributed by atoms with Crippen LogP contribution in [-0.2, 0) is 6.54 Å². The van der Waals surface area contributed by atoms with Crippen LogP contribution in [0.1, 0.15) is 17.1 Å². The lowest BCUT2D eigenvalue weighted by Crippen LogP contribution is -2.02. The average molecular weight is 253 g/mol. The number of hydrogen-bond donors (Lipinski definition) is 1. The van der Waals surface area contributed by atoms with Gasteiger partial charge in [-0.25, -0.2) is 0 Å². The van der Waals surface area contributed by atoms with Gasteiger partial charge in [-0.3, -0.25) is 0 Å². The summed E-state index contributed by atoms with van der Waals surface area (Å²) in [5.74, 6) is 1.47. The van der Waals surface area contributed by atoms with Gasteiger partial charge in [0.25, 0.3) is 0 Å². The number of nitrogens with one attached hydrogen (secondary N) is 1. The quantitative estimate of drug-likeness (QED) is 0.905. The van der Waals surface area contributed by atoms with E-state index in [1.807, 2.05) is 6.07 Å². The van der Waals surface area contributed by atoms with E-state index in [9.17, 15) is 0 Å². The summed E-state index contributed by atoms with van der Waals surface area (Å²) in [5, 5.41) is 20.8. The zero-order valence-electron chi connectivity index (χ0n) is 10.3. The molecule has 94 valence electrons. The fourth-order valence-electron chi connectivity index (χ4n) is 1.69. The molecule has 2 rings (SSSR count). The molecule has 0 aliphatic carbocycles. The second kappa shape index (κ2) is 5.61. The summed E-state index contributed by atoms with van der Waals surface area (Å²) in [6.45, 7) is 0.372. The number of rotatable bonds is 4. The number of nitrogens with zero attached hydrogens (tertiary/aromatic N) is 2. The number of anilines is 1. The van der Waals surface area contributed by atoms with Crippen molar-refractivity contribution in [3.63, 3.8) is 0 Å². The summed E-state index contributed by atoms with van der Waals surface area (Å²) in [5.41, 5.74) is 1.11. The summed E-state index contributed by atoms with van der Waals surface area (Å²) in [6, 6.07) is 12.6. The fraction of sp³-hybridized carbons (Fsp3) is 0.143. The molecule has 1 aromatic carbocycles. The number of hydrogen-bond acceptors (Lipinski definition) is 5. The van der Waals surface area contributed by atoms with Crippen LogP contribution in [0.25, 0.3) is 0 Å². The molecule has 0 aliphatic heterocycles. The first-order chi connectivity index (χ1) is 9.28. The number of methoxy groups -OCH3 is 1. The second-order valence-electron chi connectivity index (χ2n) is 3.73. The Bertz CT molecular complexity index is 662. The molecule has 0 fully saturated rings. The first-order valence-electron chi connectivity index (χ1n) is 5.58. The molecule has 2 aromatic rings. The molecule has 5 heteroatoms. The number of nitriles is 2. The Hall–Kier alpha value is -2.92. The van der Waals surface area contributed by atoms with Gasteiger partial charge in [-0.2, -0.15) is 10.5 Å². The van der Waals surface area contributed by atoms with E-state index < -0.39 is 0 Å². The zero-order valence-corrected chi connectivity index (χ0v) is 10.3. The van der Waals surface area contributed by atoms with E-state index in [0.29, 0.717) is 29.3 Å². The second-order valence-corrected chi connectivity index (χ2v) is 3.73. The van der Waals surface area contributed by atoms with Gasteiger partial charge in [0.15, 0.2) is 0 Å². The van der Waals surface area contributed by atoms with Crippen LogP contribution < -0.4 is 10.1 Å². The van der Waals surface area contributed by atoms with E-state index in [-0.39, 0.29) is 5.76 Å². The Morgan fingerprint density at radius 2 is 2.05 bits per heavy atom. The number of para-hydroxylation sites is 1. The Balaban J connectivity index is 2.19. The van der Waals surface area contributed by atoms with Crippen LogP contribution >= 0.6 is 0 Å². The van der Waals surface area contributed by atoms with Gasteiger partial charge in [0, 0.05) is 0 Å².